The van der Waals surface area contributed by atoms with E-state index in [0.717, 1.165) is 19.5 Å². The largest absolute Gasteiger partial charge is 0.338 e. The molecule has 0 spiro atoms. The fourth-order valence-electron chi connectivity index (χ4n) is 3.23. The van der Waals surface area contributed by atoms with Gasteiger partial charge < -0.3 is 10.2 Å². The van der Waals surface area contributed by atoms with Gasteiger partial charge in [-0.25, -0.2) is 0 Å². The normalized spacial score (nSPS) is 23.6. The molecule has 0 radical (unpaired) electrons. The molecule has 1 aromatic rings. The molecule has 0 aromatic heterocycles. The Morgan fingerprint density at radius 3 is 2.82 bits per heavy atom. The van der Waals surface area contributed by atoms with Crippen molar-refractivity contribution in [2.24, 2.45) is 11.8 Å². The van der Waals surface area contributed by atoms with Crippen molar-refractivity contribution in [2.45, 2.75) is 6.42 Å². The van der Waals surface area contributed by atoms with Crippen LogP contribution in [0.4, 0.5) is 5.69 Å². The van der Waals surface area contributed by atoms with Crippen LogP contribution in [-0.4, -0.2) is 41.9 Å². The second-order valence-corrected chi connectivity index (χ2v) is 6.07. The third-order valence-corrected chi connectivity index (χ3v) is 4.61. The van der Waals surface area contributed by atoms with Crippen LogP contribution in [0, 0.1) is 22.0 Å². The Labute approximate surface area is 139 Å². The minimum atomic E-state index is -0.534. The highest BCUT2D eigenvalue weighted by atomic mass is 35.5. The Bertz CT molecular complexity index is 597. The van der Waals surface area contributed by atoms with Crippen molar-refractivity contribution >= 4 is 35.6 Å². The molecule has 1 N–H and O–H groups in total. The molecule has 2 heterocycles. The number of likely N-dealkylation sites (tertiary alicyclic amines) is 1. The molecule has 2 fully saturated rings. The minimum absolute atomic E-state index is 0. The van der Waals surface area contributed by atoms with Gasteiger partial charge >= 0.3 is 0 Å². The van der Waals surface area contributed by atoms with E-state index in [1.165, 1.54) is 18.2 Å². The van der Waals surface area contributed by atoms with Crippen LogP contribution in [0.15, 0.2) is 18.2 Å². The van der Waals surface area contributed by atoms with Crippen LogP contribution in [0.2, 0.25) is 5.02 Å². The Hall–Kier alpha value is -1.37. The molecule has 0 bridgehead atoms. The quantitative estimate of drug-likeness (QED) is 0.659. The Balaban J connectivity index is 0.00000176. The van der Waals surface area contributed by atoms with Crippen molar-refractivity contribution in [3.05, 3.63) is 38.9 Å². The molecule has 0 aliphatic carbocycles. The number of carbonyl (C=O) groups excluding carboxylic acids is 1. The standard InChI is InChI=1S/C14H16ClN3O3.ClH/c15-11-1-2-13(18(20)21)12(5-11)14(19)17-4-3-9-6-16-7-10(9)8-17;/h1-2,5,9-10,16H,3-4,6-8H2;1H. The number of rotatable bonds is 2. The van der Waals surface area contributed by atoms with Gasteiger partial charge in [0.05, 0.1) is 4.92 Å². The summed E-state index contributed by atoms with van der Waals surface area (Å²) < 4.78 is 0. The summed E-state index contributed by atoms with van der Waals surface area (Å²) >= 11 is 5.89. The Kier molecular flexibility index (Phi) is 5.26. The van der Waals surface area contributed by atoms with E-state index in [0.29, 0.717) is 29.9 Å². The van der Waals surface area contributed by atoms with Crippen molar-refractivity contribution in [3.63, 3.8) is 0 Å². The molecular weight excluding hydrogens is 329 g/mol. The van der Waals surface area contributed by atoms with Gasteiger partial charge in [-0.3, -0.25) is 14.9 Å². The zero-order valence-corrected chi connectivity index (χ0v) is 13.4. The highest BCUT2D eigenvalue weighted by Gasteiger charge is 2.36. The van der Waals surface area contributed by atoms with Crippen LogP contribution in [-0.2, 0) is 0 Å². The fourth-order valence-corrected chi connectivity index (χ4v) is 3.40. The van der Waals surface area contributed by atoms with Crippen molar-refractivity contribution < 1.29 is 9.72 Å². The third-order valence-electron chi connectivity index (χ3n) is 4.38. The second kappa shape index (κ2) is 6.81. The number of halogens is 2. The summed E-state index contributed by atoms with van der Waals surface area (Å²) in [5.41, 5.74) is -0.104. The van der Waals surface area contributed by atoms with Crippen LogP contribution in [0.5, 0.6) is 0 Å². The number of hydrogen-bond donors (Lipinski definition) is 1. The van der Waals surface area contributed by atoms with Crippen molar-refractivity contribution in [1.82, 2.24) is 10.2 Å². The summed E-state index contributed by atoms with van der Waals surface area (Å²) in [5.74, 6) is 0.763. The highest BCUT2D eigenvalue weighted by Crippen LogP contribution is 2.30. The molecule has 0 saturated carbocycles. The van der Waals surface area contributed by atoms with E-state index in [2.05, 4.69) is 5.32 Å². The number of piperidine rings is 1. The SMILES string of the molecule is Cl.O=C(c1cc(Cl)ccc1[N+](=O)[O-])N1CCC2CNCC2C1. The number of carbonyl (C=O) groups is 1. The first-order valence-corrected chi connectivity index (χ1v) is 7.38. The van der Waals surface area contributed by atoms with Crippen molar-refractivity contribution in [2.75, 3.05) is 26.2 Å². The van der Waals surface area contributed by atoms with Crippen molar-refractivity contribution in [1.29, 1.82) is 0 Å². The number of nitro groups is 1. The molecule has 1 aromatic carbocycles. The maximum atomic E-state index is 12.6. The molecule has 2 atom stereocenters. The fraction of sp³-hybridized carbons (Fsp3) is 0.500. The van der Waals surface area contributed by atoms with Gasteiger partial charge in [-0.1, -0.05) is 11.6 Å². The number of fused-ring (bicyclic) bond motifs is 1. The maximum absolute atomic E-state index is 12.6. The Morgan fingerprint density at radius 1 is 1.36 bits per heavy atom. The number of hydrogen-bond acceptors (Lipinski definition) is 4. The summed E-state index contributed by atoms with van der Waals surface area (Å²) in [6.07, 6.45) is 0.942. The molecule has 22 heavy (non-hydrogen) atoms. The van der Waals surface area contributed by atoms with E-state index in [1.54, 1.807) is 4.90 Å². The zero-order chi connectivity index (χ0) is 15.0. The number of amides is 1. The molecule has 2 aliphatic rings. The van der Waals surface area contributed by atoms with Crippen LogP contribution in [0.25, 0.3) is 0 Å². The van der Waals surface area contributed by atoms with E-state index >= 15 is 0 Å². The first-order chi connectivity index (χ1) is 10.1. The predicted molar refractivity (Wildman–Crippen MR) is 85.7 cm³/mol. The Morgan fingerprint density at radius 2 is 2.09 bits per heavy atom. The second-order valence-electron chi connectivity index (χ2n) is 5.64. The van der Waals surface area contributed by atoms with Crippen LogP contribution in [0.1, 0.15) is 16.8 Å². The van der Waals surface area contributed by atoms with Gasteiger partial charge in [0.25, 0.3) is 11.6 Å². The predicted octanol–water partition coefficient (Wildman–Crippen LogP) is 2.35. The van der Waals surface area contributed by atoms with Crippen LogP contribution in [0.3, 0.4) is 0 Å². The lowest BCUT2D eigenvalue weighted by Crippen LogP contribution is -2.43. The molecular formula is C14H17Cl2N3O3. The average molecular weight is 346 g/mol. The van der Waals surface area contributed by atoms with Gasteiger partial charge in [-0.2, -0.15) is 0 Å². The van der Waals surface area contributed by atoms with Gasteiger partial charge in [0, 0.05) is 24.2 Å². The molecule has 2 aliphatic heterocycles. The number of nitro benzene ring substituents is 1. The zero-order valence-electron chi connectivity index (χ0n) is 11.8. The topological polar surface area (TPSA) is 75.5 Å². The smallest absolute Gasteiger partial charge is 0.282 e. The van der Waals surface area contributed by atoms with E-state index in [-0.39, 0.29) is 29.6 Å². The number of nitrogens with one attached hydrogen (secondary N) is 1. The summed E-state index contributed by atoms with van der Waals surface area (Å²) in [7, 11) is 0. The van der Waals surface area contributed by atoms with Gasteiger partial charge in [0.15, 0.2) is 0 Å². The van der Waals surface area contributed by atoms with E-state index < -0.39 is 4.92 Å². The molecule has 2 unspecified atom stereocenters. The number of nitrogens with zero attached hydrogens (tertiary/aromatic N) is 2. The summed E-state index contributed by atoms with van der Waals surface area (Å²) in [6, 6.07) is 4.12. The monoisotopic (exact) mass is 345 g/mol. The van der Waals surface area contributed by atoms with E-state index in [1.807, 2.05) is 0 Å². The lowest BCUT2D eigenvalue weighted by Gasteiger charge is -2.34. The molecule has 2 saturated heterocycles. The van der Waals surface area contributed by atoms with Crippen molar-refractivity contribution in [3.8, 4) is 0 Å². The molecule has 3 rings (SSSR count). The van der Waals surface area contributed by atoms with Gasteiger partial charge in [-0.15, -0.1) is 12.4 Å². The third kappa shape index (κ3) is 3.19. The summed E-state index contributed by atoms with van der Waals surface area (Å²) in [5, 5.41) is 14.8. The van der Waals surface area contributed by atoms with E-state index in [4.69, 9.17) is 11.6 Å². The minimum Gasteiger partial charge on any atom is -0.338 e. The van der Waals surface area contributed by atoms with Crippen LogP contribution >= 0.6 is 24.0 Å². The molecule has 8 heteroatoms. The number of benzene rings is 1. The highest BCUT2D eigenvalue weighted by molar-refractivity contribution is 6.31. The van der Waals surface area contributed by atoms with E-state index in [9.17, 15) is 14.9 Å². The molecule has 6 nitrogen and oxygen atoms in total. The van der Waals surface area contributed by atoms with Gasteiger partial charge in [-0.05, 0) is 43.5 Å². The van der Waals surface area contributed by atoms with Crippen LogP contribution < -0.4 is 5.32 Å². The molecule has 1 amide bonds. The van der Waals surface area contributed by atoms with Gasteiger partial charge in [0.2, 0.25) is 0 Å². The molecule has 120 valence electrons. The first kappa shape index (κ1) is 17.0. The maximum Gasteiger partial charge on any atom is 0.282 e. The lowest BCUT2D eigenvalue weighted by atomic mass is 9.88. The first-order valence-electron chi connectivity index (χ1n) is 7.00. The summed E-state index contributed by atoms with van der Waals surface area (Å²) in [4.78, 5) is 24.9. The van der Waals surface area contributed by atoms with Gasteiger partial charge in [0.1, 0.15) is 5.56 Å². The average Bonchev–Trinajstić information content (AvgIpc) is 2.93. The lowest BCUT2D eigenvalue weighted by molar-refractivity contribution is -0.385. The summed E-state index contributed by atoms with van der Waals surface area (Å²) in [6.45, 7) is 3.21.